The molecule has 0 aromatic rings. The number of esters is 1. The van der Waals surface area contributed by atoms with Gasteiger partial charge in [-0.2, -0.15) is 0 Å². The van der Waals surface area contributed by atoms with Gasteiger partial charge in [0.25, 0.3) is 0 Å². The summed E-state index contributed by atoms with van der Waals surface area (Å²) in [5.41, 5.74) is 0.988. The molecule has 2 aliphatic rings. The van der Waals surface area contributed by atoms with E-state index in [2.05, 4.69) is 0 Å². The van der Waals surface area contributed by atoms with Crippen molar-refractivity contribution in [2.45, 2.75) is 29.9 Å². The Hall–Kier alpha value is -0.510. The number of carbonyl (C=O) groups is 1. The van der Waals surface area contributed by atoms with Crippen LogP contribution in [-0.2, 0) is 9.53 Å². The maximum absolute atomic E-state index is 10.8. The average molecular weight is 263 g/mol. The summed E-state index contributed by atoms with van der Waals surface area (Å²) < 4.78 is 4.12. The fourth-order valence-electron chi connectivity index (χ4n) is 1.78. The molecule has 1 fully saturated rings. The molecule has 5 heteroatoms. The number of rotatable bonds is 2. The normalized spacial score (nSPS) is 35.5. The van der Waals surface area contributed by atoms with Crippen molar-refractivity contribution in [3.63, 3.8) is 0 Å². The molecule has 2 rings (SSSR count). The summed E-state index contributed by atoms with van der Waals surface area (Å²) in [4.78, 5) is 10.8. The van der Waals surface area contributed by atoms with Gasteiger partial charge < -0.3 is 9.84 Å². The molecule has 88 valence electrons. The van der Waals surface area contributed by atoms with E-state index in [4.69, 9.17) is 27.9 Å². The van der Waals surface area contributed by atoms with Gasteiger partial charge in [-0.3, -0.25) is 4.79 Å². The number of aliphatic hydroxyl groups is 1. The van der Waals surface area contributed by atoms with Crippen molar-refractivity contribution in [1.29, 1.82) is 0 Å². The maximum atomic E-state index is 10.8. The van der Waals surface area contributed by atoms with Gasteiger partial charge in [0.05, 0.1) is 0 Å². The predicted molar refractivity (Wildman–Crippen MR) is 61.1 cm³/mol. The van der Waals surface area contributed by atoms with E-state index in [1.165, 1.54) is 13.0 Å². The lowest BCUT2D eigenvalue weighted by molar-refractivity contribution is -0.187. The SMILES string of the molecule is CC(=O)O[C@]1(O)C=CC([C@H]2CC2(Cl)Cl)=CC1. The molecule has 16 heavy (non-hydrogen) atoms. The van der Waals surface area contributed by atoms with Crippen molar-refractivity contribution < 1.29 is 14.6 Å². The van der Waals surface area contributed by atoms with Crippen LogP contribution in [0, 0.1) is 5.92 Å². The number of carbonyl (C=O) groups excluding carboxylic acids is 1. The van der Waals surface area contributed by atoms with E-state index < -0.39 is 16.1 Å². The number of ether oxygens (including phenoxy) is 1. The van der Waals surface area contributed by atoms with Crippen LogP contribution in [0.25, 0.3) is 0 Å². The number of alkyl halides is 2. The molecule has 1 N–H and O–H groups in total. The summed E-state index contributed by atoms with van der Waals surface area (Å²) in [7, 11) is 0. The Kier molecular flexibility index (Phi) is 2.81. The molecular formula is C11H12Cl2O3. The predicted octanol–water partition coefficient (Wildman–Crippen LogP) is 2.32. The van der Waals surface area contributed by atoms with Gasteiger partial charge in [-0.25, -0.2) is 0 Å². The summed E-state index contributed by atoms with van der Waals surface area (Å²) in [6.45, 7) is 1.26. The minimum absolute atomic E-state index is 0.119. The first-order chi connectivity index (χ1) is 7.32. The third-order valence-electron chi connectivity index (χ3n) is 2.72. The smallest absolute Gasteiger partial charge is 0.305 e. The van der Waals surface area contributed by atoms with Crippen molar-refractivity contribution in [2.24, 2.45) is 5.92 Å². The Labute approximate surface area is 104 Å². The second-order valence-corrected chi connectivity index (χ2v) is 5.74. The Balaban J connectivity index is 2.01. The van der Waals surface area contributed by atoms with Gasteiger partial charge >= 0.3 is 5.97 Å². The standard InChI is InChI=1S/C11H12Cl2O3/c1-7(14)16-10(15)4-2-8(3-5-10)9-6-11(9,12)13/h2-4,9,15H,5-6H2,1H3/t9-,10-/m1/s1. The Morgan fingerprint density at radius 3 is 2.62 bits per heavy atom. The van der Waals surface area contributed by atoms with E-state index in [0.29, 0.717) is 0 Å². The summed E-state index contributed by atoms with van der Waals surface area (Å²) in [5.74, 6) is -1.92. The van der Waals surface area contributed by atoms with Crippen LogP contribution in [0.15, 0.2) is 23.8 Å². The van der Waals surface area contributed by atoms with Crippen molar-refractivity contribution in [3.05, 3.63) is 23.8 Å². The van der Waals surface area contributed by atoms with Gasteiger partial charge in [0.2, 0.25) is 5.79 Å². The fourth-order valence-corrected chi connectivity index (χ4v) is 2.35. The van der Waals surface area contributed by atoms with Crippen LogP contribution >= 0.6 is 23.2 Å². The Morgan fingerprint density at radius 2 is 2.25 bits per heavy atom. The van der Waals surface area contributed by atoms with Crippen LogP contribution in [0.3, 0.4) is 0 Å². The number of hydrogen-bond acceptors (Lipinski definition) is 3. The van der Waals surface area contributed by atoms with Crippen molar-refractivity contribution >= 4 is 29.2 Å². The Bertz CT molecular complexity index is 387. The van der Waals surface area contributed by atoms with Crippen LogP contribution in [0.5, 0.6) is 0 Å². The van der Waals surface area contributed by atoms with Gasteiger partial charge in [-0.05, 0) is 18.1 Å². The highest BCUT2D eigenvalue weighted by Gasteiger charge is 2.53. The minimum Gasteiger partial charge on any atom is -0.429 e. The first-order valence-electron chi connectivity index (χ1n) is 5.01. The van der Waals surface area contributed by atoms with E-state index in [0.717, 1.165) is 12.0 Å². The fraction of sp³-hybridized carbons (Fsp3) is 0.545. The topological polar surface area (TPSA) is 46.5 Å². The van der Waals surface area contributed by atoms with Crippen molar-refractivity contribution in [1.82, 2.24) is 0 Å². The highest BCUT2D eigenvalue weighted by atomic mass is 35.5. The molecule has 1 saturated carbocycles. The largest absolute Gasteiger partial charge is 0.429 e. The lowest BCUT2D eigenvalue weighted by atomic mass is 9.99. The molecule has 2 atom stereocenters. The molecule has 3 nitrogen and oxygen atoms in total. The third-order valence-corrected chi connectivity index (χ3v) is 3.55. The molecule has 0 aliphatic heterocycles. The number of halogens is 2. The molecule has 0 unspecified atom stereocenters. The highest BCUT2D eigenvalue weighted by Crippen LogP contribution is 2.57. The average Bonchev–Trinajstić information content (AvgIpc) is 2.74. The van der Waals surface area contributed by atoms with Crippen LogP contribution in [0.1, 0.15) is 19.8 Å². The van der Waals surface area contributed by atoms with Gasteiger partial charge in [-0.1, -0.05) is 12.2 Å². The zero-order chi connectivity index (χ0) is 12.0. The molecule has 0 bridgehead atoms. The van der Waals surface area contributed by atoms with Crippen LogP contribution in [0.2, 0.25) is 0 Å². The van der Waals surface area contributed by atoms with Gasteiger partial charge in [-0.15, -0.1) is 23.2 Å². The van der Waals surface area contributed by atoms with Gasteiger partial charge in [0.15, 0.2) is 0 Å². The van der Waals surface area contributed by atoms with E-state index in [1.54, 1.807) is 12.2 Å². The van der Waals surface area contributed by atoms with Crippen LogP contribution in [-0.4, -0.2) is 21.2 Å². The van der Waals surface area contributed by atoms with Crippen molar-refractivity contribution in [2.75, 3.05) is 0 Å². The Morgan fingerprint density at radius 1 is 1.62 bits per heavy atom. The van der Waals surface area contributed by atoms with Gasteiger partial charge in [0.1, 0.15) is 4.33 Å². The quantitative estimate of drug-likeness (QED) is 0.472. The molecule has 0 spiro atoms. The first kappa shape index (κ1) is 12.0. The highest BCUT2D eigenvalue weighted by molar-refractivity contribution is 6.51. The third kappa shape index (κ3) is 2.42. The molecule has 2 aliphatic carbocycles. The van der Waals surface area contributed by atoms with Crippen LogP contribution in [0.4, 0.5) is 0 Å². The molecule has 0 saturated heterocycles. The van der Waals surface area contributed by atoms with E-state index in [9.17, 15) is 9.90 Å². The summed E-state index contributed by atoms with van der Waals surface area (Å²) in [6.07, 6.45) is 5.94. The van der Waals surface area contributed by atoms with Gasteiger partial charge in [0, 0.05) is 19.3 Å². The molecule has 0 aromatic heterocycles. The zero-order valence-electron chi connectivity index (χ0n) is 8.74. The monoisotopic (exact) mass is 262 g/mol. The lowest BCUT2D eigenvalue weighted by Gasteiger charge is -2.25. The second kappa shape index (κ2) is 3.76. The van der Waals surface area contributed by atoms with Crippen LogP contribution < -0.4 is 0 Å². The minimum atomic E-state index is -1.52. The van der Waals surface area contributed by atoms with E-state index >= 15 is 0 Å². The number of hydrogen-bond donors (Lipinski definition) is 1. The molecule has 0 aromatic carbocycles. The summed E-state index contributed by atoms with van der Waals surface area (Å²) >= 11 is 11.9. The molecule has 0 amide bonds. The maximum Gasteiger partial charge on any atom is 0.305 e. The molecular weight excluding hydrogens is 251 g/mol. The van der Waals surface area contributed by atoms with E-state index in [-0.39, 0.29) is 12.3 Å². The summed E-state index contributed by atoms with van der Waals surface area (Å²) in [6, 6.07) is 0. The summed E-state index contributed by atoms with van der Waals surface area (Å²) in [5, 5.41) is 9.85. The molecule has 0 heterocycles. The molecule has 0 radical (unpaired) electrons. The van der Waals surface area contributed by atoms with Crippen molar-refractivity contribution in [3.8, 4) is 0 Å². The second-order valence-electron chi connectivity index (χ2n) is 4.20. The lowest BCUT2D eigenvalue weighted by Crippen LogP contribution is -2.32. The van der Waals surface area contributed by atoms with E-state index in [1.807, 2.05) is 0 Å². The zero-order valence-corrected chi connectivity index (χ0v) is 10.3. The number of allylic oxidation sites excluding steroid dienone is 2. The first-order valence-corrected chi connectivity index (χ1v) is 5.77.